The number of rotatable bonds is 17. The topological polar surface area (TPSA) is 189 Å². The summed E-state index contributed by atoms with van der Waals surface area (Å²) in [6.07, 6.45) is 13.5. The van der Waals surface area contributed by atoms with Crippen LogP contribution in [0.4, 0.5) is 17.1 Å². The van der Waals surface area contributed by atoms with E-state index in [1.54, 1.807) is 18.2 Å². The Morgan fingerprint density at radius 1 is 0.706 bits per heavy atom. The number of benzene rings is 5. The summed E-state index contributed by atoms with van der Waals surface area (Å²) in [4.78, 5) is 3.24. The maximum Gasteiger partial charge on any atom is 0.229 e. The van der Waals surface area contributed by atoms with Crippen molar-refractivity contribution in [3.8, 4) is 22.5 Å². The zero-order valence-electron chi connectivity index (χ0n) is 42.5. The smallest absolute Gasteiger partial charge is 0.229 e. The van der Waals surface area contributed by atoms with Crippen molar-refractivity contribution in [3.63, 3.8) is 0 Å². The van der Waals surface area contributed by atoms with Gasteiger partial charge in [0, 0.05) is 69.5 Å². The highest BCUT2D eigenvalue weighted by molar-refractivity contribution is 7.89. The third kappa shape index (κ3) is 18.3. The summed E-state index contributed by atoms with van der Waals surface area (Å²) >= 11 is 0. The third-order valence-corrected chi connectivity index (χ3v) is 13.3. The van der Waals surface area contributed by atoms with Crippen LogP contribution in [0.25, 0.3) is 33.4 Å². The van der Waals surface area contributed by atoms with Crippen LogP contribution < -0.4 is 25.1 Å². The molecule has 372 valence electrons. The average Bonchev–Trinajstić information content (AvgIpc) is 3.27. The van der Waals surface area contributed by atoms with Gasteiger partial charge >= 0.3 is 0 Å². The highest BCUT2D eigenvalue weighted by atomic mass is 32.2. The van der Waals surface area contributed by atoms with Gasteiger partial charge in [0.05, 0.1) is 23.5 Å². The van der Waals surface area contributed by atoms with Gasteiger partial charge in [0.15, 0.2) is 0 Å². The molecule has 0 radical (unpaired) electrons. The molecule has 1 unspecified atom stereocenters. The Balaban J connectivity index is 0.000000497. The minimum absolute atomic E-state index is 0. The number of hydrogen-bond donors (Lipinski definition) is 4. The molecule has 0 spiro atoms. The Hall–Kier alpha value is -5.32. The van der Waals surface area contributed by atoms with E-state index in [0.717, 1.165) is 70.0 Å². The fraction of sp³-hybridized carbons (Fsp3) is 0.377. The van der Waals surface area contributed by atoms with Crippen molar-refractivity contribution in [2.45, 2.75) is 112 Å². The van der Waals surface area contributed by atoms with E-state index in [4.69, 9.17) is 4.42 Å². The van der Waals surface area contributed by atoms with Crippen LogP contribution in [-0.2, 0) is 30.2 Å². The number of anilines is 2. The number of fused-ring (bicyclic) bond motifs is 2. The van der Waals surface area contributed by atoms with Crippen molar-refractivity contribution in [1.29, 1.82) is 0 Å². The van der Waals surface area contributed by atoms with E-state index in [1.807, 2.05) is 53.3 Å². The second-order valence-corrected chi connectivity index (χ2v) is 21.9. The maximum absolute atomic E-state index is 12.3. The molecular formula is C53H73N4O8S3-. The molecule has 4 aromatic rings. The number of sulfonamides is 2. The molecule has 1 aliphatic carbocycles. The zero-order valence-corrected chi connectivity index (χ0v) is 43.9. The van der Waals surface area contributed by atoms with Crippen molar-refractivity contribution in [2.75, 3.05) is 24.4 Å². The first-order chi connectivity index (χ1) is 32.1. The van der Waals surface area contributed by atoms with E-state index in [9.17, 15) is 29.8 Å². The molecule has 0 saturated carbocycles. The van der Waals surface area contributed by atoms with Crippen LogP contribution in [0.3, 0.4) is 0 Å². The SMILES string of the molecule is C=CNS(C)(=O)=O.CCCCC(CC)CNS(C)(=O)=O.CCCCCC.Cc1cccc(C)c1Nc1ccc2c(-c3ccccc3S(=O)(=O)[O-])c3ccc(=[NH+]c4c(C)cccc4C)cc-3oc2c1.[2H-]. The van der Waals surface area contributed by atoms with Crippen molar-refractivity contribution < 1.29 is 40.6 Å². The Labute approximate surface area is 408 Å². The first-order valence-corrected chi connectivity index (χ1v) is 28.3. The van der Waals surface area contributed by atoms with Crippen molar-refractivity contribution >= 4 is 58.2 Å². The summed E-state index contributed by atoms with van der Waals surface area (Å²) < 4.78 is 89.8. The predicted molar refractivity (Wildman–Crippen MR) is 280 cm³/mol. The van der Waals surface area contributed by atoms with E-state index in [0.29, 0.717) is 45.9 Å². The van der Waals surface area contributed by atoms with Gasteiger partial charge in [0.2, 0.25) is 31.1 Å². The zero-order chi connectivity index (χ0) is 50.7. The minimum atomic E-state index is -4.74. The molecule has 15 heteroatoms. The van der Waals surface area contributed by atoms with Gasteiger partial charge in [-0.1, -0.05) is 134 Å². The van der Waals surface area contributed by atoms with Gasteiger partial charge in [-0.15, -0.1) is 0 Å². The van der Waals surface area contributed by atoms with Crippen LogP contribution in [0.5, 0.6) is 0 Å². The summed E-state index contributed by atoms with van der Waals surface area (Å²) in [6, 6.07) is 30.1. The molecule has 1 atom stereocenters. The van der Waals surface area contributed by atoms with Crippen LogP contribution in [0, 0.1) is 33.6 Å². The molecule has 1 heterocycles. The van der Waals surface area contributed by atoms with E-state index >= 15 is 0 Å². The molecule has 0 fully saturated rings. The number of nitrogens with one attached hydrogen (secondary N) is 4. The lowest BCUT2D eigenvalue weighted by Gasteiger charge is -2.19. The van der Waals surface area contributed by atoms with Gasteiger partial charge in [-0.2, -0.15) is 0 Å². The number of hydrogen-bond acceptors (Lipinski definition) is 9. The maximum atomic E-state index is 12.3. The molecule has 4 N–H and O–H groups in total. The Morgan fingerprint density at radius 3 is 1.81 bits per heavy atom. The molecule has 0 saturated heterocycles. The van der Waals surface area contributed by atoms with Gasteiger partial charge in [-0.3, -0.25) is 4.72 Å². The number of unbranched alkanes of at least 4 members (excludes halogenated alkanes) is 4. The summed E-state index contributed by atoms with van der Waals surface area (Å²) in [6.45, 7) is 20.7. The molecule has 4 aromatic carbocycles. The highest BCUT2D eigenvalue weighted by Gasteiger charge is 2.22. The first-order valence-electron chi connectivity index (χ1n) is 23.1. The van der Waals surface area contributed by atoms with Gasteiger partial charge in [-0.05, 0) is 75.4 Å². The molecule has 12 nitrogen and oxygen atoms in total. The van der Waals surface area contributed by atoms with E-state index in [2.05, 4.69) is 101 Å². The van der Waals surface area contributed by atoms with Gasteiger partial charge in [0.1, 0.15) is 21.5 Å². The van der Waals surface area contributed by atoms with Crippen molar-refractivity contribution in [2.24, 2.45) is 5.92 Å². The summed E-state index contributed by atoms with van der Waals surface area (Å²) in [5, 5.41) is 5.03. The van der Waals surface area contributed by atoms with Gasteiger partial charge < -0.3 is 15.7 Å². The van der Waals surface area contributed by atoms with Gasteiger partial charge in [0.25, 0.3) is 0 Å². The standard InChI is InChI=1S/C35H30N2O4S.C9H21NO2S.C6H14.C3H7NO2S.H/c1-21-9-7-10-22(2)34(21)36-25-15-17-27-30(19-25)41-31-20-26(37-35-23(3)11-8-12-24(35)4)16-18-28(31)33(27)29-13-5-6-14-32(29)42(38,39)40;1-4-6-7-9(5-2)8-10-13(3,11)12;1-3-5-6-4-2;1-3-4-7(2,5)6;/h5-20,36H,1-4H3,(H,38,39,40);9-10H,4-8H2,1-3H3;3-6H2,1-2H3;3-4H,1H2,2H3;/q;;;;-1/i;;;;1+1. The predicted octanol–water partition coefficient (Wildman–Crippen LogP) is 10.5. The van der Waals surface area contributed by atoms with Crippen LogP contribution in [0.15, 0.2) is 119 Å². The van der Waals surface area contributed by atoms with Gasteiger partial charge in [-0.25, -0.2) is 35.0 Å². The fourth-order valence-corrected chi connectivity index (χ4v) is 8.93. The summed E-state index contributed by atoms with van der Waals surface area (Å²) in [5.41, 5.74) is 9.52. The summed E-state index contributed by atoms with van der Waals surface area (Å²) in [5.74, 6) is 1.05. The lowest BCUT2D eigenvalue weighted by Crippen LogP contribution is -2.71. The van der Waals surface area contributed by atoms with E-state index < -0.39 is 30.2 Å². The minimum Gasteiger partial charge on any atom is -1.00 e. The number of aryl methyl sites for hydroxylation is 4. The monoisotopic (exact) mass is 990 g/mol. The Kier molecular flexibility index (Phi) is 22.6. The molecule has 68 heavy (non-hydrogen) atoms. The molecular weight excluding hydrogens is 917 g/mol. The third-order valence-electron chi connectivity index (χ3n) is 11.1. The van der Waals surface area contributed by atoms with E-state index in [-0.39, 0.29) is 6.32 Å². The fourth-order valence-electron chi connectivity index (χ4n) is 7.40. The quantitative estimate of drug-likeness (QED) is 0.0392. The second-order valence-electron chi connectivity index (χ2n) is 17.0. The summed E-state index contributed by atoms with van der Waals surface area (Å²) in [7, 11) is -10.8. The molecule has 6 rings (SSSR count). The largest absolute Gasteiger partial charge is 1.00 e. The van der Waals surface area contributed by atoms with Crippen LogP contribution >= 0.6 is 0 Å². The van der Waals surface area contributed by atoms with Crippen LogP contribution in [0.2, 0.25) is 0 Å². The lowest BCUT2D eigenvalue weighted by molar-refractivity contribution is -0.403. The average molecular weight is 991 g/mol. The Bertz CT molecular complexity index is 2930. The normalized spacial score (nSPS) is 12.2. The molecule has 1 aliphatic heterocycles. The van der Waals surface area contributed by atoms with Crippen LogP contribution in [-0.4, -0.2) is 48.9 Å². The Morgan fingerprint density at radius 2 is 1.29 bits per heavy atom. The van der Waals surface area contributed by atoms with Crippen molar-refractivity contribution in [3.05, 3.63) is 137 Å². The second kappa shape index (κ2) is 27.0. The molecule has 0 aromatic heterocycles. The molecule has 0 bridgehead atoms. The van der Waals surface area contributed by atoms with E-state index in [1.165, 1.54) is 50.8 Å². The first kappa shape index (κ1) is 57.0. The number of para-hydroxylation sites is 2. The molecule has 0 amide bonds. The van der Waals surface area contributed by atoms with Crippen LogP contribution in [0.1, 0.15) is 103 Å². The van der Waals surface area contributed by atoms with Crippen molar-refractivity contribution in [1.82, 2.24) is 9.44 Å². The lowest BCUT2D eigenvalue weighted by atomic mass is 9.93. The highest BCUT2D eigenvalue weighted by Crippen LogP contribution is 2.43. The molecule has 2 aliphatic rings.